The number of imide groups is 1. The Morgan fingerprint density at radius 2 is 1.66 bits per heavy atom. The van der Waals surface area contributed by atoms with Crippen LogP contribution in [0.15, 0.2) is 12.1 Å². The molecule has 1 aliphatic carbocycles. The van der Waals surface area contributed by atoms with E-state index in [-0.39, 0.29) is 24.4 Å². The number of urea groups is 1. The third-order valence-electron chi connectivity index (χ3n) is 5.69. The second kappa shape index (κ2) is 10.4. The average Bonchev–Trinajstić information content (AvgIpc) is 2.64. The highest BCUT2D eigenvalue weighted by Gasteiger charge is 2.26. The lowest BCUT2D eigenvalue weighted by Gasteiger charge is -2.24. The van der Waals surface area contributed by atoms with Gasteiger partial charge in [0.25, 0.3) is 11.8 Å². The molecular formula is C22H35N4O3+. The predicted octanol–water partition coefficient (Wildman–Crippen LogP) is 1.61. The van der Waals surface area contributed by atoms with Gasteiger partial charge in [0.05, 0.1) is 7.05 Å². The molecule has 0 aliphatic heterocycles. The Bertz CT molecular complexity index is 733. The fourth-order valence-corrected chi connectivity index (χ4v) is 3.88. The molecule has 29 heavy (non-hydrogen) atoms. The Balaban J connectivity index is 1.84. The van der Waals surface area contributed by atoms with Crippen molar-refractivity contribution < 1.29 is 19.3 Å². The van der Waals surface area contributed by atoms with Crippen molar-refractivity contribution in [3.63, 3.8) is 0 Å². The summed E-state index contributed by atoms with van der Waals surface area (Å²) in [6.45, 7) is 7.80. The van der Waals surface area contributed by atoms with Crippen molar-refractivity contribution in [3.8, 4) is 0 Å². The Morgan fingerprint density at radius 3 is 2.24 bits per heavy atom. The molecule has 2 rings (SSSR count). The molecule has 1 unspecified atom stereocenters. The van der Waals surface area contributed by atoms with Crippen LogP contribution >= 0.6 is 0 Å². The van der Waals surface area contributed by atoms with Gasteiger partial charge in [-0.1, -0.05) is 37.0 Å². The predicted molar refractivity (Wildman–Crippen MR) is 114 cm³/mol. The van der Waals surface area contributed by atoms with Crippen LogP contribution in [0.1, 0.15) is 55.7 Å². The maximum Gasteiger partial charge on any atom is 0.321 e. The number of amides is 4. The summed E-state index contributed by atoms with van der Waals surface area (Å²) in [7, 11) is 1.78. The Kier molecular flexibility index (Phi) is 8.20. The van der Waals surface area contributed by atoms with Gasteiger partial charge in [0.15, 0.2) is 12.6 Å². The van der Waals surface area contributed by atoms with E-state index in [2.05, 4.69) is 16.0 Å². The number of nitrogens with one attached hydrogen (secondary N) is 4. The number of rotatable bonds is 6. The Hall–Kier alpha value is -2.41. The Labute approximate surface area is 173 Å². The first-order chi connectivity index (χ1) is 13.7. The zero-order valence-electron chi connectivity index (χ0n) is 18.3. The molecule has 7 heteroatoms. The van der Waals surface area contributed by atoms with Gasteiger partial charge >= 0.3 is 6.03 Å². The molecule has 1 saturated carbocycles. The molecule has 0 saturated heterocycles. The molecule has 4 N–H and O–H groups in total. The topological polar surface area (TPSA) is 91.7 Å². The molecule has 0 spiro atoms. The summed E-state index contributed by atoms with van der Waals surface area (Å²) < 4.78 is 0. The maximum absolute atomic E-state index is 12.5. The Morgan fingerprint density at radius 1 is 1.07 bits per heavy atom. The van der Waals surface area contributed by atoms with E-state index in [0.29, 0.717) is 4.90 Å². The number of likely N-dealkylation sites (N-methyl/N-ethyl adjacent to an activating group) is 1. The van der Waals surface area contributed by atoms with E-state index >= 15 is 0 Å². The highest BCUT2D eigenvalue weighted by atomic mass is 16.2. The summed E-state index contributed by atoms with van der Waals surface area (Å²) in [4.78, 5) is 37.7. The number of aryl methyl sites for hydroxylation is 3. The van der Waals surface area contributed by atoms with Crippen molar-refractivity contribution >= 4 is 23.5 Å². The SMILES string of the molecule is Cc1cc(C)c(NC(=O)C[NH+](C)[C@@H](C)C(=O)NC(=O)NC2CCCCC2)c(C)c1. The van der Waals surface area contributed by atoms with E-state index in [1.54, 1.807) is 14.0 Å². The zero-order valence-corrected chi connectivity index (χ0v) is 18.3. The third-order valence-corrected chi connectivity index (χ3v) is 5.69. The smallest absolute Gasteiger partial charge is 0.321 e. The van der Waals surface area contributed by atoms with Crippen LogP contribution in [0.2, 0.25) is 0 Å². The minimum atomic E-state index is -0.530. The number of hydrogen-bond donors (Lipinski definition) is 4. The molecule has 1 aliphatic rings. The molecule has 7 nitrogen and oxygen atoms in total. The molecule has 0 radical (unpaired) electrons. The molecule has 4 amide bonds. The first-order valence-electron chi connectivity index (χ1n) is 10.5. The molecule has 1 fully saturated rings. The number of anilines is 1. The first-order valence-corrected chi connectivity index (χ1v) is 10.5. The van der Waals surface area contributed by atoms with Crippen LogP contribution in [0, 0.1) is 20.8 Å². The largest absolute Gasteiger partial charge is 0.335 e. The van der Waals surface area contributed by atoms with Gasteiger partial charge in [0.2, 0.25) is 0 Å². The number of carbonyl (C=O) groups excluding carboxylic acids is 3. The van der Waals surface area contributed by atoms with E-state index in [4.69, 9.17) is 0 Å². The van der Waals surface area contributed by atoms with E-state index in [0.717, 1.165) is 48.1 Å². The number of benzene rings is 1. The van der Waals surface area contributed by atoms with Crippen molar-refractivity contribution in [2.75, 3.05) is 18.9 Å². The first kappa shape index (κ1) is 22.9. The van der Waals surface area contributed by atoms with Crippen LogP contribution in [0.3, 0.4) is 0 Å². The van der Waals surface area contributed by atoms with Gasteiger partial charge in [0.1, 0.15) is 0 Å². The summed E-state index contributed by atoms with van der Waals surface area (Å²) in [5.74, 6) is -0.546. The second-order valence-electron chi connectivity index (χ2n) is 8.36. The van der Waals surface area contributed by atoms with Crippen molar-refractivity contribution in [2.45, 2.75) is 71.9 Å². The molecule has 160 valence electrons. The second-order valence-corrected chi connectivity index (χ2v) is 8.36. The van der Waals surface area contributed by atoms with Gasteiger partial charge in [-0.05, 0) is 51.7 Å². The molecule has 1 aromatic rings. The number of carbonyl (C=O) groups is 3. The average molecular weight is 404 g/mol. The minimum absolute atomic E-state index is 0.131. The molecule has 1 aromatic carbocycles. The lowest BCUT2D eigenvalue weighted by molar-refractivity contribution is -0.885. The normalized spacial score (nSPS) is 16.6. The lowest BCUT2D eigenvalue weighted by Crippen LogP contribution is -3.15. The summed E-state index contributed by atoms with van der Waals surface area (Å²) in [6.07, 6.45) is 5.34. The van der Waals surface area contributed by atoms with Crippen LogP contribution < -0.4 is 20.9 Å². The fourth-order valence-electron chi connectivity index (χ4n) is 3.88. The van der Waals surface area contributed by atoms with Crippen molar-refractivity contribution in [2.24, 2.45) is 0 Å². The van der Waals surface area contributed by atoms with Crippen LogP contribution in [-0.2, 0) is 9.59 Å². The highest BCUT2D eigenvalue weighted by Crippen LogP contribution is 2.21. The minimum Gasteiger partial charge on any atom is -0.335 e. The fraction of sp³-hybridized carbons (Fsp3) is 0.591. The van der Waals surface area contributed by atoms with Crippen molar-refractivity contribution in [1.29, 1.82) is 0 Å². The zero-order chi connectivity index (χ0) is 21.6. The van der Waals surface area contributed by atoms with Crippen LogP contribution in [0.5, 0.6) is 0 Å². The van der Waals surface area contributed by atoms with Gasteiger partial charge in [0, 0.05) is 11.7 Å². The summed E-state index contributed by atoms with van der Waals surface area (Å²) in [5.41, 5.74) is 3.99. The summed E-state index contributed by atoms with van der Waals surface area (Å²) >= 11 is 0. The summed E-state index contributed by atoms with van der Waals surface area (Å²) in [6, 6.07) is 3.22. The molecule has 0 bridgehead atoms. The third kappa shape index (κ3) is 6.85. The van der Waals surface area contributed by atoms with E-state index < -0.39 is 12.1 Å². The lowest BCUT2D eigenvalue weighted by atomic mass is 9.96. The van der Waals surface area contributed by atoms with E-state index in [9.17, 15) is 14.4 Å². The monoisotopic (exact) mass is 403 g/mol. The molecular weight excluding hydrogens is 368 g/mol. The highest BCUT2D eigenvalue weighted by molar-refractivity contribution is 5.96. The number of hydrogen-bond acceptors (Lipinski definition) is 3. The van der Waals surface area contributed by atoms with Crippen LogP contribution in [0.4, 0.5) is 10.5 Å². The van der Waals surface area contributed by atoms with Crippen LogP contribution in [-0.4, -0.2) is 43.5 Å². The standard InChI is InChI=1S/C22H34N4O3/c1-14-11-15(2)20(16(3)12-14)24-19(27)13-26(5)17(4)21(28)25-22(29)23-18-9-7-6-8-10-18/h11-12,17-18H,6-10,13H2,1-5H3,(H,24,27)(H2,23,25,28,29)/p+1/t17-/m0/s1. The van der Waals surface area contributed by atoms with Crippen LogP contribution in [0.25, 0.3) is 0 Å². The maximum atomic E-state index is 12.5. The van der Waals surface area contributed by atoms with Gasteiger partial charge < -0.3 is 15.5 Å². The van der Waals surface area contributed by atoms with Gasteiger partial charge in [-0.2, -0.15) is 0 Å². The van der Waals surface area contributed by atoms with E-state index in [1.807, 2.05) is 32.9 Å². The quantitative estimate of drug-likeness (QED) is 0.582. The van der Waals surface area contributed by atoms with Gasteiger partial charge in [-0.3, -0.25) is 14.9 Å². The van der Waals surface area contributed by atoms with Crippen molar-refractivity contribution in [3.05, 3.63) is 28.8 Å². The van der Waals surface area contributed by atoms with Gasteiger partial charge in [-0.25, -0.2) is 4.79 Å². The van der Waals surface area contributed by atoms with Gasteiger partial charge in [-0.15, -0.1) is 0 Å². The number of quaternary nitrogens is 1. The summed E-state index contributed by atoms with van der Waals surface area (Å²) in [5, 5.41) is 8.24. The molecule has 0 heterocycles. The molecule has 2 atom stereocenters. The van der Waals surface area contributed by atoms with Crippen molar-refractivity contribution in [1.82, 2.24) is 10.6 Å². The molecule has 0 aromatic heterocycles. The van der Waals surface area contributed by atoms with E-state index in [1.165, 1.54) is 6.42 Å².